The Morgan fingerprint density at radius 3 is 2.68 bits per heavy atom. The highest BCUT2D eigenvalue weighted by Crippen LogP contribution is 2.27. The number of benzene rings is 1. The molecule has 0 radical (unpaired) electrons. The molecule has 28 heavy (non-hydrogen) atoms. The number of morpholine rings is 1. The smallest absolute Gasteiger partial charge is 0.265 e. The third-order valence-electron chi connectivity index (χ3n) is 4.36. The second-order valence-corrected chi connectivity index (χ2v) is 8.10. The van der Waals surface area contributed by atoms with E-state index in [1.165, 1.54) is 13.3 Å². The van der Waals surface area contributed by atoms with Crippen molar-refractivity contribution in [3.63, 3.8) is 0 Å². The Kier molecular flexibility index (Phi) is 6.71. The molecule has 2 aromatic rings. The SMILES string of the molecule is COc1ccc(C)cc1S(=O)(=O)Nc1ccc(OCCN2CCOCC2)nc1. The van der Waals surface area contributed by atoms with Crippen LogP contribution in [0.1, 0.15) is 5.56 Å². The lowest BCUT2D eigenvalue weighted by atomic mass is 10.2. The van der Waals surface area contributed by atoms with Gasteiger partial charge in [-0.25, -0.2) is 13.4 Å². The van der Waals surface area contributed by atoms with Gasteiger partial charge in [0, 0.05) is 25.7 Å². The Hall–Kier alpha value is -2.36. The minimum absolute atomic E-state index is 0.0841. The van der Waals surface area contributed by atoms with E-state index in [4.69, 9.17) is 14.2 Å². The molecular weight excluding hydrogens is 382 g/mol. The lowest BCUT2D eigenvalue weighted by Gasteiger charge is -2.26. The highest BCUT2D eigenvalue weighted by atomic mass is 32.2. The van der Waals surface area contributed by atoms with Gasteiger partial charge in [-0.2, -0.15) is 0 Å². The minimum Gasteiger partial charge on any atom is -0.495 e. The van der Waals surface area contributed by atoms with E-state index in [2.05, 4.69) is 14.6 Å². The third kappa shape index (κ3) is 5.34. The van der Waals surface area contributed by atoms with Crippen molar-refractivity contribution in [3.8, 4) is 11.6 Å². The molecule has 0 aliphatic carbocycles. The molecule has 2 heterocycles. The van der Waals surface area contributed by atoms with Gasteiger partial charge in [0.05, 0.1) is 32.2 Å². The van der Waals surface area contributed by atoms with E-state index < -0.39 is 10.0 Å². The fraction of sp³-hybridized carbons (Fsp3) is 0.421. The maximum Gasteiger partial charge on any atom is 0.265 e. The topological polar surface area (TPSA) is 90.0 Å². The average Bonchev–Trinajstić information content (AvgIpc) is 2.70. The molecule has 1 fully saturated rings. The first-order valence-electron chi connectivity index (χ1n) is 9.04. The Labute approximate surface area is 165 Å². The van der Waals surface area contributed by atoms with Crippen molar-refractivity contribution in [2.45, 2.75) is 11.8 Å². The number of aromatic nitrogens is 1. The number of nitrogens with zero attached hydrogens (tertiary/aromatic N) is 2. The van der Waals surface area contributed by atoms with Crippen LogP contribution >= 0.6 is 0 Å². The standard InChI is InChI=1S/C19H25N3O5S/c1-15-3-5-17(25-2)18(13-15)28(23,24)21-16-4-6-19(20-14-16)27-12-9-22-7-10-26-11-8-22/h3-6,13-14,21H,7-12H2,1-2H3. The summed E-state index contributed by atoms with van der Waals surface area (Å²) >= 11 is 0. The van der Waals surface area contributed by atoms with E-state index in [0.29, 0.717) is 18.2 Å². The van der Waals surface area contributed by atoms with Crippen molar-refractivity contribution in [2.75, 3.05) is 51.3 Å². The first-order chi connectivity index (χ1) is 13.5. The summed E-state index contributed by atoms with van der Waals surface area (Å²) in [5.74, 6) is 0.735. The summed E-state index contributed by atoms with van der Waals surface area (Å²) in [6.45, 7) is 6.44. The summed E-state index contributed by atoms with van der Waals surface area (Å²) in [5.41, 5.74) is 1.17. The summed E-state index contributed by atoms with van der Waals surface area (Å²) in [4.78, 5) is 6.52. The Morgan fingerprint density at radius 2 is 2.00 bits per heavy atom. The lowest BCUT2D eigenvalue weighted by Crippen LogP contribution is -2.38. The number of anilines is 1. The molecule has 9 heteroatoms. The number of hydrogen-bond acceptors (Lipinski definition) is 7. The molecule has 0 spiro atoms. The van der Waals surface area contributed by atoms with Crippen LogP contribution in [0.4, 0.5) is 5.69 Å². The Morgan fingerprint density at radius 1 is 1.21 bits per heavy atom. The molecule has 1 aliphatic heterocycles. The zero-order valence-corrected chi connectivity index (χ0v) is 16.9. The summed E-state index contributed by atoms with van der Waals surface area (Å²) in [6, 6.07) is 8.26. The van der Waals surface area contributed by atoms with Crippen LogP contribution < -0.4 is 14.2 Å². The summed E-state index contributed by atoms with van der Waals surface area (Å²) in [6.07, 6.45) is 1.43. The number of sulfonamides is 1. The average molecular weight is 407 g/mol. The van der Waals surface area contributed by atoms with Gasteiger partial charge in [0.2, 0.25) is 5.88 Å². The van der Waals surface area contributed by atoms with Gasteiger partial charge in [-0.05, 0) is 30.7 Å². The second kappa shape index (κ2) is 9.22. The zero-order chi connectivity index (χ0) is 20.0. The van der Waals surface area contributed by atoms with E-state index in [-0.39, 0.29) is 10.6 Å². The molecular formula is C19H25N3O5S. The van der Waals surface area contributed by atoms with Gasteiger partial charge in [0.1, 0.15) is 17.3 Å². The molecule has 1 aromatic heterocycles. The number of methoxy groups -OCH3 is 1. The maximum absolute atomic E-state index is 12.7. The first-order valence-corrected chi connectivity index (χ1v) is 10.5. The quantitative estimate of drug-likeness (QED) is 0.715. The van der Waals surface area contributed by atoms with Crippen LogP contribution in [-0.4, -0.2) is 64.9 Å². The van der Waals surface area contributed by atoms with Gasteiger partial charge in [-0.3, -0.25) is 9.62 Å². The minimum atomic E-state index is -3.80. The molecule has 1 aromatic carbocycles. The largest absolute Gasteiger partial charge is 0.495 e. The van der Waals surface area contributed by atoms with Crippen LogP contribution in [0.5, 0.6) is 11.6 Å². The van der Waals surface area contributed by atoms with Crippen LogP contribution in [0.15, 0.2) is 41.4 Å². The van der Waals surface area contributed by atoms with E-state index in [0.717, 1.165) is 38.4 Å². The predicted octanol–water partition coefficient (Wildman–Crippen LogP) is 1.91. The van der Waals surface area contributed by atoms with Crippen LogP contribution in [-0.2, 0) is 14.8 Å². The lowest BCUT2D eigenvalue weighted by molar-refractivity contribution is 0.0320. The van der Waals surface area contributed by atoms with Gasteiger partial charge < -0.3 is 14.2 Å². The van der Waals surface area contributed by atoms with Crippen LogP contribution in [0, 0.1) is 6.92 Å². The van der Waals surface area contributed by atoms with E-state index in [1.54, 1.807) is 30.3 Å². The molecule has 3 rings (SSSR count). The monoisotopic (exact) mass is 407 g/mol. The highest BCUT2D eigenvalue weighted by molar-refractivity contribution is 7.92. The maximum atomic E-state index is 12.7. The van der Waals surface area contributed by atoms with Crippen molar-refractivity contribution in [1.29, 1.82) is 0 Å². The molecule has 0 amide bonds. The van der Waals surface area contributed by atoms with Gasteiger partial charge in [0.25, 0.3) is 10.0 Å². The third-order valence-corrected chi connectivity index (χ3v) is 5.76. The van der Waals surface area contributed by atoms with Crippen LogP contribution in [0.25, 0.3) is 0 Å². The van der Waals surface area contributed by atoms with Crippen LogP contribution in [0.2, 0.25) is 0 Å². The Bertz CT molecular complexity index is 881. The zero-order valence-electron chi connectivity index (χ0n) is 16.1. The molecule has 0 unspecified atom stereocenters. The number of pyridine rings is 1. The second-order valence-electron chi connectivity index (χ2n) is 6.45. The molecule has 0 atom stereocenters. The summed E-state index contributed by atoms with van der Waals surface area (Å²) in [7, 11) is -2.36. The Balaban J connectivity index is 1.59. The number of hydrogen-bond donors (Lipinski definition) is 1. The van der Waals surface area contributed by atoms with Gasteiger partial charge in [-0.15, -0.1) is 0 Å². The van der Waals surface area contributed by atoms with E-state index >= 15 is 0 Å². The molecule has 0 saturated carbocycles. The first kappa shape index (κ1) is 20.4. The molecule has 152 valence electrons. The van der Waals surface area contributed by atoms with Gasteiger partial charge in [0.15, 0.2) is 0 Å². The van der Waals surface area contributed by atoms with Crippen molar-refractivity contribution >= 4 is 15.7 Å². The fourth-order valence-corrected chi connectivity index (χ4v) is 4.13. The van der Waals surface area contributed by atoms with Crippen molar-refractivity contribution < 1.29 is 22.6 Å². The number of ether oxygens (including phenoxy) is 3. The molecule has 8 nitrogen and oxygen atoms in total. The number of aryl methyl sites for hydroxylation is 1. The summed E-state index contributed by atoms with van der Waals surface area (Å²) in [5, 5.41) is 0. The van der Waals surface area contributed by atoms with Gasteiger partial charge >= 0.3 is 0 Å². The fourth-order valence-electron chi connectivity index (χ4n) is 2.83. The highest BCUT2D eigenvalue weighted by Gasteiger charge is 2.20. The molecule has 0 bridgehead atoms. The van der Waals surface area contributed by atoms with Crippen molar-refractivity contribution in [3.05, 3.63) is 42.1 Å². The van der Waals surface area contributed by atoms with Gasteiger partial charge in [-0.1, -0.05) is 6.07 Å². The molecule has 1 N–H and O–H groups in total. The van der Waals surface area contributed by atoms with Crippen molar-refractivity contribution in [1.82, 2.24) is 9.88 Å². The van der Waals surface area contributed by atoms with Crippen LogP contribution in [0.3, 0.4) is 0 Å². The number of nitrogens with one attached hydrogen (secondary N) is 1. The predicted molar refractivity (Wildman–Crippen MR) is 106 cm³/mol. The number of rotatable bonds is 8. The van der Waals surface area contributed by atoms with E-state index in [1.807, 2.05) is 6.92 Å². The molecule has 1 saturated heterocycles. The molecule has 1 aliphatic rings. The van der Waals surface area contributed by atoms with Crippen molar-refractivity contribution in [2.24, 2.45) is 0 Å². The van der Waals surface area contributed by atoms with E-state index in [9.17, 15) is 8.42 Å². The normalized spacial score (nSPS) is 15.2. The summed E-state index contributed by atoms with van der Waals surface area (Å²) < 4.78 is 44.0.